The van der Waals surface area contributed by atoms with Crippen molar-refractivity contribution >= 4 is 11.8 Å². The van der Waals surface area contributed by atoms with Crippen LogP contribution in [0.5, 0.6) is 0 Å². The van der Waals surface area contributed by atoms with Crippen LogP contribution in [0.15, 0.2) is 18.5 Å². The number of hydrogen-bond acceptors (Lipinski definition) is 4. The van der Waals surface area contributed by atoms with Gasteiger partial charge in [-0.1, -0.05) is 12.8 Å². The second kappa shape index (κ2) is 7.54. The molecule has 2 amide bonds. The van der Waals surface area contributed by atoms with Crippen LogP contribution >= 0.6 is 0 Å². The van der Waals surface area contributed by atoms with E-state index in [1.165, 1.54) is 12.8 Å². The second-order valence-corrected chi connectivity index (χ2v) is 7.66. The summed E-state index contributed by atoms with van der Waals surface area (Å²) in [6.07, 6.45) is 9.72. The van der Waals surface area contributed by atoms with E-state index >= 15 is 0 Å². The molecule has 2 aromatic heterocycles. The lowest BCUT2D eigenvalue weighted by Crippen LogP contribution is -2.39. The van der Waals surface area contributed by atoms with E-state index in [2.05, 4.69) is 20.6 Å². The quantitative estimate of drug-likeness (QED) is 0.858. The first-order valence-electron chi connectivity index (χ1n) is 9.74. The molecule has 3 heterocycles. The van der Waals surface area contributed by atoms with Gasteiger partial charge in [-0.15, -0.1) is 0 Å². The summed E-state index contributed by atoms with van der Waals surface area (Å²) in [7, 11) is 1.80. The molecule has 1 saturated heterocycles. The highest BCUT2D eigenvalue weighted by molar-refractivity contribution is 5.94. The van der Waals surface area contributed by atoms with Crippen LogP contribution in [0.1, 0.15) is 71.0 Å². The van der Waals surface area contributed by atoms with Crippen LogP contribution in [-0.4, -0.2) is 55.8 Å². The smallest absolute Gasteiger partial charge is 0.271 e. The van der Waals surface area contributed by atoms with Crippen LogP contribution in [0.2, 0.25) is 0 Å². The predicted octanol–water partition coefficient (Wildman–Crippen LogP) is 1.84. The van der Waals surface area contributed by atoms with Gasteiger partial charge in [0.2, 0.25) is 0 Å². The van der Waals surface area contributed by atoms with Gasteiger partial charge >= 0.3 is 0 Å². The summed E-state index contributed by atoms with van der Waals surface area (Å²) in [6, 6.07) is 2.12. The first-order valence-corrected chi connectivity index (χ1v) is 9.74. The van der Waals surface area contributed by atoms with Gasteiger partial charge in [-0.05, 0) is 31.7 Å². The fourth-order valence-corrected chi connectivity index (χ4v) is 4.12. The summed E-state index contributed by atoms with van der Waals surface area (Å²) in [5, 5.41) is 14.4. The van der Waals surface area contributed by atoms with Crippen molar-refractivity contribution in [2.75, 3.05) is 13.1 Å². The molecule has 0 radical (unpaired) electrons. The Labute approximate surface area is 158 Å². The largest absolute Gasteiger partial charge is 0.348 e. The standard InChI is InChI=1S/C19H26N6O2/c1-24-11-14(10-20-24)19(27)25-8-4-5-13(12-25)16-9-17(23-22-16)18(26)21-15-6-2-3-7-15/h9-11,13,15H,2-8,12H2,1H3,(H,21,26)(H,22,23)/t13-/m0/s1. The molecular formula is C19H26N6O2. The maximum absolute atomic E-state index is 12.7. The van der Waals surface area contributed by atoms with E-state index in [1.54, 1.807) is 24.1 Å². The summed E-state index contributed by atoms with van der Waals surface area (Å²) >= 11 is 0. The van der Waals surface area contributed by atoms with Crippen LogP contribution in [0.3, 0.4) is 0 Å². The summed E-state index contributed by atoms with van der Waals surface area (Å²) in [4.78, 5) is 26.9. The van der Waals surface area contributed by atoms with Gasteiger partial charge in [-0.2, -0.15) is 10.2 Å². The van der Waals surface area contributed by atoms with Crippen molar-refractivity contribution in [3.63, 3.8) is 0 Å². The maximum atomic E-state index is 12.7. The molecule has 8 heteroatoms. The topological polar surface area (TPSA) is 95.9 Å². The van der Waals surface area contributed by atoms with Crippen molar-refractivity contribution in [2.24, 2.45) is 7.05 Å². The maximum Gasteiger partial charge on any atom is 0.271 e. The highest BCUT2D eigenvalue weighted by Gasteiger charge is 2.28. The van der Waals surface area contributed by atoms with Crippen molar-refractivity contribution in [3.05, 3.63) is 35.4 Å². The van der Waals surface area contributed by atoms with Crippen LogP contribution in [-0.2, 0) is 7.05 Å². The molecule has 0 spiro atoms. The number of aryl methyl sites for hydroxylation is 1. The molecule has 1 atom stereocenters. The number of carbonyl (C=O) groups is 2. The molecule has 144 valence electrons. The number of nitrogens with zero attached hydrogens (tertiary/aromatic N) is 4. The van der Waals surface area contributed by atoms with Gasteiger partial charge in [-0.3, -0.25) is 19.4 Å². The van der Waals surface area contributed by atoms with Crippen molar-refractivity contribution < 1.29 is 9.59 Å². The predicted molar refractivity (Wildman–Crippen MR) is 99.4 cm³/mol. The molecule has 0 unspecified atom stereocenters. The highest BCUT2D eigenvalue weighted by atomic mass is 16.2. The van der Waals surface area contributed by atoms with Gasteiger partial charge in [0.25, 0.3) is 11.8 Å². The zero-order valence-corrected chi connectivity index (χ0v) is 15.6. The zero-order chi connectivity index (χ0) is 18.8. The first-order chi connectivity index (χ1) is 13.1. The number of aromatic amines is 1. The molecule has 2 fully saturated rings. The third-order valence-electron chi connectivity index (χ3n) is 5.62. The molecule has 0 aromatic carbocycles. The molecule has 27 heavy (non-hydrogen) atoms. The van der Waals surface area contributed by atoms with Gasteiger partial charge in [0.15, 0.2) is 0 Å². The number of hydrogen-bond donors (Lipinski definition) is 2. The van der Waals surface area contributed by atoms with E-state index < -0.39 is 0 Å². The summed E-state index contributed by atoms with van der Waals surface area (Å²) in [5.41, 5.74) is 1.97. The van der Waals surface area contributed by atoms with Gasteiger partial charge in [0.1, 0.15) is 5.69 Å². The minimum atomic E-state index is -0.108. The number of amides is 2. The van der Waals surface area contributed by atoms with Crippen molar-refractivity contribution in [1.29, 1.82) is 0 Å². The molecule has 0 bridgehead atoms. The number of carbonyl (C=O) groups excluding carboxylic acids is 2. The van der Waals surface area contributed by atoms with E-state index in [0.717, 1.165) is 37.9 Å². The van der Waals surface area contributed by atoms with Crippen LogP contribution in [0.25, 0.3) is 0 Å². The monoisotopic (exact) mass is 370 g/mol. The Morgan fingerprint density at radius 1 is 1.22 bits per heavy atom. The summed E-state index contributed by atoms with van der Waals surface area (Å²) < 4.78 is 1.64. The van der Waals surface area contributed by atoms with Crippen LogP contribution in [0, 0.1) is 0 Å². The summed E-state index contributed by atoms with van der Waals surface area (Å²) in [6.45, 7) is 1.37. The zero-order valence-electron chi connectivity index (χ0n) is 15.6. The average molecular weight is 370 g/mol. The fourth-order valence-electron chi connectivity index (χ4n) is 4.12. The van der Waals surface area contributed by atoms with Crippen LogP contribution in [0.4, 0.5) is 0 Å². The molecule has 8 nitrogen and oxygen atoms in total. The fraction of sp³-hybridized carbons (Fsp3) is 0.579. The molecule has 4 rings (SSSR count). The minimum absolute atomic E-state index is 0.00603. The lowest BCUT2D eigenvalue weighted by molar-refractivity contribution is 0.0705. The number of rotatable bonds is 4. The Balaban J connectivity index is 1.40. The Hall–Kier alpha value is -2.64. The number of piperidine rings is 1. The summed E-state index contributed by atoms with van der Waals surface area (Å²) in [5.74, 6) is 0.0647. The van der Waals surface area contributed by atoms with E-state index in [9.17, 15) is 9.59 Å². The van der Waals surface area contributed by atoms with Gasteiger partial charge in [-0.25, -0.2) is 0 Å². The Morgan fingerprint density at radius 2 is 2.04 bits per heavy atom. The van der Waals surface area contributed by atoms with Gasteiger partial charge in [0, 0.05) is 44.0 Å². The molecule has 2 N–H and O–H groups in total. The molecule has 1 aliphatic heterocycles. The first kappa shape index (κ1) is 17.8. The normalized spacial score (nSPS) is 20.8. The highest BCUT2D eigenvalue weighted by Crippen LogP contribution is 2.27. The average Bonchev–Trinajstić information content (AvgIpc) is 3.43. The lowest BCUT2D eigenvalue weighted by Gasteiger charge is -2.32. The molecular weight excluding hydrogens is 344 g/mol. The van der Waals surface area contributed by atoms with E-state index in [-0.39, 0.29) is 23.8 Å². The number of H-pyrrole nitrogens is 1. The molecule has 1 saturated carbocycles. The van der Waals surface area contributed by atoms with E-state index in [1.807, 2.05) is 11.0 Å². The molecule has 1 aliphatic carbocycles. The minimum Gasteiger partial charge on any atom is -0.348 e. The van der Waals surface area contributed by atoms with E-state index in [4.69, 9.17) is 0 Å². The van der Waals surface area contributed by atoms with Gasteiger partial charge in [0.05, 0.1) is 11.8 Å². The number of likely N-dealkylation sites (tertiary alicyclic amines) is 1. The molecule has 2 aliphatic rings. The van der Waals surface area contributed by atoms with Crippen molar-refractivity contribution in [1.82, 2.24) is 30.2 Å². The third-order valence-corrected chi connectivity index (χ3v) is 5.62. The Morgan fingerprint density at radius 3 is 2.78 bits per heavy atom. The Kier molecular flexibility index (Phi) is 4.96. The number of nitrogens with one attached hydrogen (secondary N) is 2. The SMILES string of the molecule is Cn1cc(C(=O)N2CCC[C@H](c3cc(C(=O)NC4CCCC4)n[nH]3)C2)cn1. The van der Waals surface area contributed by atoms with Crippen LogP contribution < -0.4 is 5.32 Å². The van der Waals surface area contributed by atoms with E-state index in [0.29, 0.717) is 17.8 Å². The lowest BCUT2D eigenvalue weighted by atomic mass is 9.94. The third kappa shape index (κ3) is 3.89. The van der Waals surface area contributed by atoms with Crippen molar-refractivity contribution in [2.45, 2.75) is 50.5 Å². The molecule has 2 aromatic rings. The second-order valence-electron chi connectivity index (χ2n) is 7.66. The Bertz CT molecular complexity index is 820. The van der Waals surface area contributed by atoms with Gasteiger partial charge < -0.3 is 10.2 Å². The van der Waals surface area contributed by atoms with Crippen molar-refractivity contribution in [3.8, 4) is 0 Å². The number of aromatic nitrogens is 4.